The number of aromatic nitrogens is 3. The molecule has 5 heteroatoms. The first kappa shape index (κ1) is 18.5. The lowest BCUT2D eigenvalue weighted by atomic mass is 9.94. The molecule has 4 rings (SSSR count). The molecule has 0 N–H and O–H groups in total. The molecule has 0 aliphatic carbocycles. The van der Waals surface area contributed by atoms with Crippen LogP contribution in [0.4, 0.5) is 10.3 Å². The van der Waals surface area contributed by atoms with Crippen molar-refractivity contribution in [2.45, 2.75) is 39.0 Å². The van der Waals surface area contributed by atoms with E-state index in [1.807, 2.05) is 32.2 Å². The van der Waals surface area contributed by atoms with Crippen LogP contribution < -0.4 is 4.90 Å². The average Bonchev–Trinajstić information content (AvgIpc) is 2.68. The maximum atomic E-state index is 13.4. The maximum absolute atomic E-state index is 13.4. The van der Waals surface area contributed by atoms with E-state index in [2.05, 4.69) is 27.0 Å². The molecule has 0 radical (unpaired) electrons. The number of hydrogen-bond acceptors (Lipinski definition) is 4. The van der Waals surface area contributed by atoms with Gasteiger partial charge in [0, 0.05) is 42.3 Å². The molecule has 144 valence electrons. The van der Waals surface area contributed by atoms with Crippen LogP contribution in [0.1, 0.15) is 47.0 Å². The Labute approximate surface area is 165 Å². The second-order valence-electron chi connectivity index (χ2n) is 7.63. The SMILES string of the molecule is Cc1cc(C)nc(N2CCCC(c3ccc(Cc4cccc(F)c4)cn3)C2)n1. The topological polar surface area (TPSA) is 41.9 Å². The van der Waals surface area contributed by atoms with E-state index in [-0.39, 0.29) is 5.82 Å². The molecule has 3 aromatic rings. The average molecular weight is 376 g/mol. The number of piperidine rings is 1. The first-order chi connectivity index (χ1) is 13.6. The van der Waals surface area contributed by atoms with Gasteiger partial charge < -0.3 is 4.90 Å². The summed E-state index contributed by atoms with van der Waals surface area (Å²) in [6, 6.07) is 13.0. The molecule has 2 aromatic heterocycles. The van der Waals surface area contributed by atoms with Crippen LogP contribution in [-0.2, 0) is 6.42 Å². The quantitative estimate of drug-likeness (QED) is 0.667. The summed E-state index contributed by atoms with van der Waals surface area (Å²) < 4.78 is 13.4. The molecule has 1 aliphatic rings. The predicted molar refractivity (Wildman–Crippen MR) is 109 cm³/mol. The van der Waals surface area contributed by atoms with Crippen molar-refractivity contribution in [1.29, 1.82) is 0 Å². The van der Waals surface area contributed by atoms with Crippen molar-refractivity contribution >= 4 is 5.95 Å². The summed E-state index contributed by atoms with van der Waals surface area (Å²) in [7, 11) is 0. The van der Waals surface area contributed by atoms with Crippen molar-refractivity contribution in [2.24, 2.45) is 0 Å². The van der Waals surface area contributed by atoms with Gasteiger partial charge in [-0.05, 0) is 68.5 Å². The number of anilines is 1. The molecule has 0 spiro atoms. The molecule has 3 heterocycles. The molecule has 1 unspecified atom stereocenters. The Balaban J connectivity index is 1.46. The van der Waals surface area contributed by atoms with E-state index < -0.39 is 0 Å². The van der Waals surface area contributed by atoms with E-state index in [1.165, 1.54) is 6.07 Å². The predicted octanol–water partition coefficient (Wildman–Crippen LogP) is 4.60. The highest BCUT2D eigenvalue weighted by Crippen LogP contribution is 2.28. The molecule has 0 bridgehead atoms. The van der Waals surface area contributed by atoms with Gasteiger partial charge in [0.2, 0.25) is 5.95 Å². The first-order valence-corrected chi connectivity index (χ1v) is 9.83. The molecular weight excluding hydrogens is 351 g/mol. The Morgan fingerprint density at radius 2 is 1.86 bits per heavy atom. The van der Waals surface area contributed by atoms with E-state index in [1.54, 1.807) is 12.1 Å². The number of hydrogen-bond donors (Lipinski definition) is 0. The van der Waals surface area contributed by atoms with Gasteiger partial charge in [-0.15, -0.1) is 0 Å². The van der Waals surface area contributed by atoms with Gasteiger partial charge in [0.1, 0.15) is 5.82 Å². The number of rotatable bonds is 4. The summed E-state index contributed by atoms with van der Waals surface area (Å²) in [4.78, 5) is 16.2. The number of benzene rings is 1. The Kier molecular flexibility index (Phi) is 5.33. The summed E-state index contributed by atoms with van der Waals surface area (Å²) in [5.41, 5.74) is 5.18. The minimum atomic E-state index is -0.196. The summed E-state index contributed by atoms with van der Waals surface area (Å²) in [5.74, 6) is 1.00. The summed E-state index contributed by atoms with van der Waals surface area (Å²) in [6.07, 6.45) is 4.84. The molecular formula is C23H25FN4. The zero-order valence-electron chi connectivity index (χ0n) is 16.4. The summed E-state index contributed by atoms with van der Waals surface area (Å²) in [6.45, 7) is 5.90. The molecule has 1 aliphatic heterocycles. The van der Waals surface area contributed by atoms with Crippen LogP contribution in [0.15, 0.2) is 48.7 Å². The molecule has 1 saturated heterocycles. The number of nitrogens with zero attached hydrogens (tertiary/aromatic N) is 4. The van der Waals surface area contributed by atoms with Gasteiger partial charge in [0.25, 0.3) is 0 Å². The highest BCUT2D eigenvalue weighted by Gasteiger charge is 2.24. The van der Waals surface area contributed by atoms with E-state index in [0.29, 0.717) is 12.3 Å². The number of aryl methyl sites for hydroxylation is 2. The lowest BCUT2D eigenvalue weighted by Crippen LogP contribution is -2.36. The zero-order chi connectivity index (χ0) is 19.5. The van der Waals surface area contributed by atoms with Gasteiger partial charge in [-0.1, -0.05) is 18.2 Å². The highest BCUT2D eigenvalue weighted by atomic mass is 19.1. The van der Waals surface area contributed by atoms with Crippen molar-refractivity contribution in [1.82, 2.24) is 15.0 Å². The lowest BCUT2D eigenvalue weighted by molar-refractivity contribution is 0.494. The summed E-state index contributed by atoms with van der Waals surface area (Å²) >= 11 is 0. The third-order valence-electron chi connectivity index (χ3n) is 5.24. The van der Waals surface area contributed by atoms with Crippen molar-refractivity contribution in [2.75, 3.05) is 18.0 Å². The van der Waals surface area contributed by atoms with Crippen LogP contribution in [0.5, 0.6) is 0 Å². The fourth-order valence-corrected chi connectivity index (χ4v) is 3.91. The number of halogens is 1. The van der Waals surface area contributed by atoms with Gasteiger partial charge >= 0.3 is 0 Å². The van der Waals surface area contributed by atoms with Gasteiger partial charge in [0.15, 0.2) is 0 Å². The third-order valence-corrected chi connectivity index (χ3v) is 5.24. The Morgan fingerprint density at radius 1 is 1.04 bits per heavy atom. The molecule has 1 aromatic carbocycles. The Bertz CT molecular complexity index is 935. The molecule has 0 amide bonds. The minimum absolute atomic E-state index is 0.196. The van der Waals surface area contributed by atoms with Gasteiger partial charge in [-0.3, -0.25) is 4.98 Å². The van der Waals surface area contributed by atoms with Crippen molar-refractivity contribution < 1.29 is 4.39 Å². The summed E-state index contributed by atoms with van der Waals surface area (Å²) in [5, 5.41) is 0. The smallest absolute Gasteiger partial charge is 0.225 e. The van der Waals surface area contributed by atoms with Gasteiger partial charge in [-0.25, -0.2) is 14.4 Å². The lowest BCUT2D eigenvalue weighted by Gasteiger charge is -2.32. The minimum Gasteiger partial charge on any atom is -0.340 e. The van der Waals surface area contributed by atoms with Crippen molar-refractivity contribution in [3.63, 3.8) is 0 Å². The third kappa shape index (κ3) is 4.35. The van der Waals surface area contributed by atoms with Crippen LogP contribution in [0.3, 0.4) is 0 Å². The van der Waals surface area contributed by atoms with Crippen LogP contribution in [0.25, 0.3) is 0 Å². The van der Waals surface area contributed by atoms with Crippen LogP contribution in [-0.4, -0.2) is 28.0 Å². The Hall–Kier alpha value is -2.82. The standard InChI is InChI=1S/C23H25FN4/c1-16-11-17(2)27-23(26-16)28-10-4-6-20(15-28)22-9-8-19(14-25-22)12-18-5-3-7-21(24)13-18/h3,5,7-9,11,13-14,20H,4,6,10,12,15H2,1-2H3. The largest absolute Gasteiger partial charge is 0.340 e. The van der Waals surface area contributed by atoms with Crippen molar-refractivity contribution in [3.8, 4) is 0 Å². The van der Waals surface area contributed by atoms with E-state index in [4.69, 9.17) is 4.98 Å². The van der Waals surface area contributed by atoms with Gasteiger partial charge in [0.05, 0.1) is 0 Å². The molecule has 1 atom stereocenters. The van der Waals surface area contributed by atoms with Crippen LogP contribution in [0, 0.1) is 19.7 Å². The van der Waals surface area contributed by atoms with Crippen molar-refractivity contribution in [3.05, 3.63) is 82.7 Å². The fourth-order valence-electron chi connectivity index (χ4n) is 3.91. The molecule has 4 nitrogen and oxygen atoms in total. The second kappa shape index (κ2) is 8.05. The molecule has 1 fully saturated rings. The zero-order valence-corrected chi connectivity index (χ0v) is 16.4. The van der Waals surface area contributed by atoms with E-state index in [9.17, 15) is 4.39 Å². The second-order valence-corrected chi connectivity index (χ2v) is 7.63. The Morgan fingerprint density at radius 3 is 2.57 bits per heavy atom. The fraction of sp³-hybridized carbons (Fsp3) is 0.348. The van der Waals surface area contributed by atoms with E-state index in [0.717, 1.165) is 60.1 Å². The number of pyridine rings is 1. The first-order valence-electron chi connectivity index (χ1n) is 9.83. The van der Waals surface area contributed by atoms with Gasteiger partial charge in [-0.2, -0.15) is 0 Å². The molecule has 0 saturated carbocycles. The normalized spacial score (nSPS) is 17.0. The van der Waals surface area contributed by atoms with Crippen LogP contribution >= 0.6 is 0 Å². The van der Waals surface area contributed by atoms with E-state index >= 15 is 0 Å². The molecule has 28 heavy (non-hydrogen) atoms. The maximum Gasteiger partial charge on any atom is 0.225 e. The monoisotopic (exact) mass is 376 g/mol. The highest BCUT2D eigenvalue weighted by molar-refractivity contribution is 5.35. The van der Waals surface area contributed by atoms with Crippen LogP contribution in [0.2, 0.25) is 0 Å².